The second-order valence-corrected chi connectivity index (χ2v) is 8.03. The van der Waals surface area contributed by atoms with Gasteiger partial charge in [0.05, 0.1) is 17.7 Å². The Morgan fingerprint density at radius 3 is 2.37 bits per heavy atom. The zero-order valence-electron chi connectivity index (χ0n) is 17.7. The van der Waals surface area contributed by atoms with E-state index in [-0.39, 0.29) is 5.91 Å². The fourth-order valence-electron chi connectivity index (χ4n) is 3.83. The van der Waals surface area contributed by atoms with Gasteiger partial charge in [-0.1, -0.05) is 48.5 Å². The lowest BCUT2D eigenvalue weighted by Crippen LogP contribution is -2.48. The largest absolute Gasteiger partial charge is 0.363 e. The lowest BCUT2D eigenvalue weighted by molar-refractivity contribution is -0.117. The second kappa shape index (κ2) is 9.24. The predicted molar refractivity (Wildman–Crippen MR) is 123 cm³/mol. The summed E-state index contributed by atoms with van der Waals surface area (Å²) < 4.78 is 0. The SMILES string of the molecule is CN(C)c1cc(NC(=O)CN2CCN(Cc3ccccc3)CC2)c2ccccc2n1. The number of benzene rings is 2. The molecule has 0 atom stereocenters. The van der Waals surface area contributed by atoms with Crippen LogP contribution in [0.25, 0.3) is 10.9 Å². The number of amides is 1. The Bertz CT molecular complexity index is 997. The molecule has 156 valence electrons. The molecule has 1 amide bonds. The van der Waals surface area contributed by atoms with Crippen LogP contribution in [0, 0.1) is 0 Å². The number of nitrogens with zero attached hydrogens (tertiary/aromatic N) is 4. The van der Waals surface area contributed by atoms with Crippen molar-refractivity contribution in [3.63, 3.8) is 0 Å². The number of hydrogen-bond acceptors (Lipinski definition) is 5. The lowest BCUT2D eigenvalue weighted by atomic mass is 10.1. The Morgan fingerprint density at radius 1 is 0.967 bits per heavy atom. The van der Waals surface area contributed by atoms with Gasteiger partial charge in [-0.15, -0.1) is 0 Å². The molecule has 0 unspecified atom stereocenters. The number of piperazine rings is 1. The Kier molecular flexibility index (Phi) is 6.26. The molecular weight excluding hydrogens is 374 g/mol. The molecule has 3 aromatic rings. The van der Waals surface area contributed by atoms with Crippen LogP contribution in [0.4, 0.5) is 11.5 Å². The van der Waals surface area contributed by atoms with E-state index in [2.05, 4.69) is 44.4 Å². The number of aromatic nitrogens is 1. The van der Waals surface area contributed by atoms with Crippen molar-refractivity contribution >= 4 is 28.3 Å². The lowest BCUT2D eigenvalue weighted by Gasteiger charge is -2.34. The molecule has 6 heteroatoms. The number of hydrogen-bond donors (Lipinski definition) is 1. The zero-order chi connectivity index (χ0) is 20.9. The maximum atomic E-state index is 12.8. The standard InChI is InChI=1S/C24H29N5O/c1-27(2)23-16-22(20-10-6-7-11-21(20)25-23)26-24(30)18-29-14-12-28(13-15-29)17-19-8-4-3-5-9-19/h3-11,16H,12-15,17-18H2,1-2H3,(H,25,26,30). The first kappa shape index (κ1) is 20.3. The quantitative estimate of drug-likeness (QED) is 0.686. The van der Waals surface area contributed by atoms with Crippen LogP contribution in [0.3, 0.4) is 0 Å². The molecule has 0 aliphatic carbocycles. The van der Waals surface area contributed by atoms with E-state index in [1.54, 1.807) is 0 Å². The van der Waals surface area contributed by atoms with Crippen molar-refractivity contribution in [3.8, 4) is 0 Å². The fourth-order valence-corrected chi connectivity index (χ4v) is 3.83. The number of anilines is 2. The van der Waals surface area contributed by atoms with Crippen molar-refractivity contribution in [2.24, 2.45) is 0 Å². The summed E-state index contributed by atoms with van der Waals surface area (Å²) in [5.41, 5.74) is 3.04. The van der Waals surface area contributed by atoms with Crippen molar-refractivity contribution < 1.29 is 4.79 Å². The Morgan fingerprint density at radius 2 is 1.63 bits per heavy atom. The monoisotopic (exact) mass is 403 g/mol. The van der Waals surface area contributed by atoms with Crippen molar-refractivity contribution in [2.45, 2.75) is 6.54 Å². The number of nitrogens with one attached hydrogen (secondary N) is 1. The van der Waals surface area contributed by atoms with E-state index in [9.17, 15) is 4.79 Å². The first-order chi connectivity index (χ1) is 14.6. The number of carbonyl (C=O) groups is 1. The molecule has 1 fully saturated rings. The third-order valence-corrected chi connectivity index (χ3v) is 5.52. The van der Waals surface area contributed by atoms with Gasteiger partial charge in [0.15, 0.2) is 0 Å². The van der Waals surface area contributed by atoms with Crippen LogP contribution >= 0.6 is 0 Å². The Hall–Kier alpha value is -2.96. The van der Waals surface area contributed by atoms with Crippen LogP contribution in [0.15, 0.2) is 60.7 Å². The minimum Gasteiger partial charge on any atom is -0.363 e. The summed E-state index contributed by atoms with van der Waals surface area (Å²) in [5.74, 6) is 0.853. The predicted octanol–water partition coefficient (Wildman–Crippen LogP) is 3.06. The molecule has 1 saturated heterocycles. The van der Waals surface area contributed by atoms with Crippen molar-refractivity contribution in [1.29, 1.82) is 0 Å². The van der Waals surface area contributed by atoms with E-state index in [1.807, 2.05) is 55.4 Å². The molecule has 0 radical (unpaired) electrons. The van der Waals surface area contributed by atoms with Crippen molar-refractivity contribution in [2.75, 3.05) is 57.0 Å². The molecule has 2 aromatic carbocycles. The first-order valence-electron chi connectivity index (χ1n) is 10.4. The van der Waals surface area contributed by atoms with Gasteiger partial charge in [-0.2, -0.15) is 0 Å². The van der Waals surface area contributed by atoms with E-state index >= 15 is 0 Å². The summed E-state index contributed by atoms with van der Waals surface area (Å²) in [4.78, 5) is 24.1. The van der Waals surface area contributed by atoms with Gasteiger partial charge in [0.2, 0.25) is 5.91 Å². The molecule has 6 nitrogen and oxygen atoms in total. The smallest absolute Gasteiger partial charge is 0.238 e. The highest BCUT2D eigenvalue weighted by atomic mass is 16.2. The molecule has 1 aliphatic heterocycles. The van der Waals surface area contributed by atoms with Crippen LogP contribution in [0.2, 0.25) is 0 Å². The minimum atomic E-state index is 0.0209. The molecule has 0 bridgehead atoms. The minimum absolute atomic E-state index is 0.0209. The second-order valence-electron chi connectivity index (χ2n) is 8.03. The molecule has 0 spiro atoms. The molecule has 30 heavy (non-hydrogen) atoms. The molecular formula is C24H29N5O. The molecule has 1 aliphatic rings. The van der Waals surface area contributed by atoms with Gasteiger partial charge in [-0.3, -0.25) is 14.6 Å². The van der Waals surface area contributed by atoms with Crippen LogP contribution in [-0.2, 0) is 11.3 Å². The van der Waals surface area contributed by atoms with Crippen LogP contribution in [0.1, 0.15) is 5.56 Å². The summed E-state index contributed by atoms with van der Waals surface area (Å²) in [7, 11) is 3.91. The molecule has 2 heterocycles. The molecule has 0 saturated carbocycles. The Balaban J connectivity index is 1.35. The molecule has 4 rings (SSSR count). The van der Waals surface area contributed by atoms with Crippen molar-refractivity contribution in [3.05, 3.63) is 66.2 Å². The summed E-state index contributed by atoms with van der Waals surface area (Å²) in [5, 5.41) is 4.08. The van der Waals surface area contributed by atoms with E-state index < -0.39 is 0 Å². The molecule has 1 aromatic heterocycles. The van der Waals surface area contributed by atoms with E-state index in [0.29, 0.717) is 6.54 Å². The van der Waals surface area contributed by atoms with Crippen LogP contribution in [0.5, 0.6) is 0 Å². The van der Waals surface area contributed by atoms with E-state index in [0.717, 1.165) is 55.1 Å². The number of carbonyl (C=O) groups excluding carboxylic acids is 1. The zero-order valence-corrected chi connectivity index (χ0v) is 17.7. The Labute approximate surface area is 178 Å². The average Bonchev–Trinajstić information content (AvgIpc) is 2.75. The number of rotatable bonds is 6. The van der Waals surface area contributed by atoms with Gasteiger partial charge in [0.25, 0.3) is 0 Å². The third-order valence-electron chi connectivity index (χ3n) is 5.52. The van der Waals surface area contributed by atoms with Crippen molar-refractivity contribution in [1.82, 2.24) is 14.8 Å². The topological polar surface area (TPSA) is 51.7 Å². The number of para-hydroxylation sites is 1. The van der Waals surface area contributed by atoms with Crippen LogP contribution in [-0.4, -0.2) is 67.5 Å². The van der Waals surface area contributed by atoms with Gasteiger partial charge < -0.3 is 10.2 Å². The average molecular weight is 404 g/mol. The fraction of sp³-hybridized carbons (Fsp3) is 0.333. The highest BCUT2D eigenvalue weighted by Gasteiger charge is 2.19. The normalized spacial score (nSPS) is 15.3. The van der Waals surface area contributed by atoms with E-state index in [1.165, 1.54) is 5.56 Å². The molecule has 1 N–H and O–H groups in total. The first-order valence-corrected chi connectivity index (χ1v) is 10.4. The highest BCUT2D eigenvalue weighted by Crippen LogP contribution is 2.26. The van der Waals surface area contributed by atoms with Gasteiger partial charge in [0.1, 0.15) is 5.82 Å². The summed E-state index contributed by atoms with van der Waals surface area (Å²) in [6, 6.07) is 20.4. The van der Waals surface area contributed by atoms with Crippen LogP contribution < -0.4 is 10.2 Å². The third kappa shape index (κ3) is 4.96. The highest BCUT2D eigenvalue weighted by molar-refractivity contribution is 6.02. The van der Waals surface area contributed by atoms with E-state index in [4.69, 9.17) is 0 Å². The summed E-state index contributed by atoms with van der Waals surface area (Å²) in [6.07, 6.45) is 0. The summed E-state index contributed by atoms with van der Waals surface area (Å²) in [6.45, 7) is 5.14. The number of pyridine rings is 1. The van der Waals surface area contributed by atoms with Gasteiger partial charge in [-0.25, -0.2) is 4.98 Å². The van der Waals surface area contributed by atoms with Gasteiger partial charge in [-0.05, 0) is 11.6 Å². The van der Waals surface area contributed by atoms with Gasteiger partial charge in [0, 0.05) is 58.3 Å². The van der Waals surface area contributed by atoms with Gasteiger partial charge >= 0.3 is 0 Å². The summed E-state index contributed by atoms with van der Waals surface area (Å²) >= 11 is 0. The maximum absolute atomic E-state index is 12.8. The maximum Gasteiger partial charge on any atom is 0.238 e. The number of fused-ring (bicyclic) bond motifs is 1.